The smallest absolute Gasteiger partial charge is 0.335 e. The van der Waals surface area contributed by atoms with Gasteiger partial charge in [0.25, 0.3) is 0 Å². The molecule has 2 aromatic rings. The first-order valence-electron chi connectivity index (χ1n) is 7.75. The maximum atomic E-state index is 13.2. The molecule has 0 atom stereocenters. The number of carboxylic acids is 1. The van der Waals surface area contributed by atoms with Crippen LogP contribution in [0.25, 0.3) is 5.82 Å². The number of aromatic carboxylic acids is 1. The average molecular weight is 336 g/mol. The van der Waals surface area contributed by atoms with Crippen LogP contribution < -0.4 is 5.32 Å². The van der Waals surface area contributed by atoms with E-state index in [1.54, 1.807) is 12.3 Å². The van der Waals surface area contributed by atoms with Gasteiger partial charge in [-0.3, -0.25) is 0 Å². The zero-order chi connectivity index (χ0) is 17.3. The zero-order valence-electron chi connectivity index (χ0n) is 13.2. The summed E-state index contributed by atoms with van der Waals surface area (Å²) in [6.45, 7) is 1.82. The lowest BCUT2D eigenvalue weighted by atomic mass is 9.92. The number of aromatic nitrogens is 3. The highest BCUT2D eigenvalue weighted by Crippen LogP contribution is 2.34. The molecule has 0 radical (unpaired) electrons. The number of nitrogens with one attached hydrogen (secondary N) is 1. The molecule has 0 amide bonds. The molecule has 6 nitrogen and oxygen atoms in total. The van der Waals surface area contributed by atoms with Crippen LogP contribution in [0.1, 0.15) is 41.7 Å². The highest BCUT2D eigenvalue weighted by molar-refractivity contribution is 5.89. The average Bonchev–Trinajstić information content (AvgIpc) is 2.96. The Labute approximate surface area is 137 Å². The fourth-order valence-corrected chi connectivity index (χ4v) is 2.77. The van der Waals surface area contributed by atoms with Crippen molar-refractivity contribution in [2.45, 2.75) is 44.6 Å². The van der Waals surface area contributed by atoms with Crippen LogP contribution in [0.5, 0.6) is 0 Å². The van der Waals surface area contributed by atoms with E-state index in [2.05, 4.69) is 15.4 Å². The molecule has 0 spiro atoms. The molecular weight excluding hydrogens is 318 g/mol. The van der Waals surface area contributed by atoms with Crippen LogP contribution in [0.15, 0.2) is 24.4 Å². The number of hydrogen-bond donors (Lipinski definition) is 2. The van der Waals surface area contributed by atoms with Crippen LogP contribution >= 0.6 is 0 Å². The zero-order valence-corrected chi connectivity index (χ0v) is 13.2. The van der Waals surface area contributed by atoms with E-state index in [1.807, 2.05) is 6.92 Å². The van der Waals surface area contributed by atoms with Gasteiger partial charge in [0.1, 0.15) is 5.82 Å². The van der Waals surface area contributed by atoms with Gasteiger partial charge in [0, 0.05) is 25.1 Å². The second-order valence-corrected chi connectivity index (χ2v) is 6.08. The maximum Gasteiger partial charge on any atom is 0.335 e. The third kappa shape index (κ3) is 3.69. The Morgan fingerprint density at radius 2 is 2.08 bits per heavy atom. The number of alkyl halides is 2. The van der Waals surface area contributed by atoms with Gasteiger partial charge in [0.2, 0.25) is 5.92 Å². The Kier molecular flexibility index (Phi) is 4.21. The molecule has 1 aliphatic carbocycles. The number of carboxylic acid groups (broad SMARTS) is 1. The van der Waals surface area contributed by atoms with Crippen molar-refractivity contribution in [3.8, 4) is 5.82 Å². The van der Waals surface area contributed by atoms with E-state index in [9.17, 15) is 18.7 Å². The Morgan fingerprint density at radius 1 is 1.38 bits per heavy atom. The van der Waals surface area contributed by atoms with E-state index in [1.165, 1.54) is 16.8 Å². The topological polar surface area (TPSA) is 80.0 Å². The number of halogens is 2. The van der Waals surface area contributed by atoms with E-state index in [0.29, 0.717) is 24.5 Å². The third-order valence-corrected chi connectivity index (χ3v) is 4.09. The summed E-state index contributed by atoms with van der Waals surface area (Å²) >= 11 is 0. The highest BCUT2D eigenvalue weighted by Gasteiger charge is 2.35. The molecule has 0 saturated heterocycles. The molecule has 2 aromatic heterocycles. The molecule has 3 rings (SSSR count). The molecular formula is C16H18F2N4O2. The van der Waals surface area contributed by atoms with Crippen LogP contribution in [0.2, 0.25) is 0 Å². The fourth-order valence-electron chi connectivity index (χ4n) is 2.77. The van der Waals surface area contributed by atoms with Gasteiger partial charge in [-0.05, 0) is 38.0 Å². The number of carbonyl (C=O) groups is 1. The molecule has 0 aliphatic heterocycles. The van der Waals surface area contributed by atoms with Gasteiger partial charge in [0.15, 0.2) is 5.82 Å². The third-order valence-electron chi connectivity index (χ3n) is 4.09. The van der Waals surface area contributed by atoms with E-state index in [4.69, 9.17) is 0 Å². The predicted octanol–water partition coefficient (Wildman–Crippen LogP) is 3.26. The van der Waals surface area contributed by atoms with Crippen molar-refractivity contribution in [1.82, 2.24) is 14.8 Å². The molecule has 2 heterocycles. The molecule has 0 unspecified atom stereocenters. The monoisotopic (exact) mass is 336 g/mol. The van der Waals surface area contributed by atoms with Gasteiger partial charge in [-0.1, -0.05) is 0 Å². The van der Waals surface area contributed by atoms with Gasteiger partial charge >= 0.3 is 5.97 Å². The van der Waals surface area contributed by atoms with Crippen molar-refractivity contribution >= 4 is 11.8 Å². The summed E-state index contributed by atoms with van der Waals surface area (Å²) < 4.78 is 28.0. The van der Waals surface area contributed by atoms with Gasteiger partial charge in [-0.25, -0.2) is 23.2 Å². The van der Waals surface area contributed by atoms with Gasteiger partial charge in [0.05, 0.1) is 11.3 Å². The quantitative estimate of drug-likeness (QED) is 0.896. The van der Waals surface area contributed by atoms with Crippen molar-refractivity contribution in [1.29, 1.82) is 0 Å². The van der Waals surface area contributed by atoms with Crippen molar-refractivity contribution in [3.63, 3.8) is 0 Å². The summed E-state index contributed by atoms with van der Waals surface area (Å²) in [6, 6.07) is 4.48. The van der Waals surface area contributed by atoms with E-state index in [0.717, 1.165) is 5.69 Å². The molecule has 1 fully saturated rings. The minimum absolute atomic E-state index is 0.0665. The lowest BCUT2D eigenvalue weighted by Gasteiger charge is -2.29. The SMILES string of the molecule is Cc1ccn(-c2cc(C(=O)O)cc(NC3CCC(F)(F)CC3)n2)n1. The van der Waals surface area contributed by atoms with Crippen molar-refractivity contribution in [3.05, 3.63) is 35.7 Å². The minimum Gasteiger partial charge on any atom is -0.478 e. The van der Waals surface area contributed by atoms with Crippen molar-refractivity contribution in [2.24, 2.45) is 0 Å². The van der Waals surface area contributed by atoms with Crippen LogP contribution in [-0.2, 0) is 0 Å². The first-order valence-corrected chi connectivity index (χ1v) is 7.75. The normalized spacial score (nSPS) is 17.6. The van der Waals surface area contributed by atoms with E-state index < -0.39 is 11.9 Å². The van der Waals surface area contributed by atoms with Gasteiger partial charge in [-0.2, -0.15) is 5.10 Å². The number of hydrogen-bond acceptors (Lipinski definition) is 4. The highest BCUT2D eigenvalue weighted by atomic mass is 19.3. The Morgan fingerprint density at radius 3 is 2.67 bits per heavy atom. The fraction of sp³-hybridized carbons (Fsp3) is 0.438. The summed E-state index contributed by atoms with van der Waals surface area (Å²) in [5.41, 5.74) is 0.846. The summed E-state index contributed by atoms with van der Waals surface area (Å²) in [5, 5.41) is 16.6. The lowest BCUT2D eigenvalue weighted by molar-refractivity contribution is -0.0361. The van der Waals surface area contributed by atoms with Crippen molar-refractivity contribution < 1.29 is 18.7 Å². The summed E-state index contributed by atoms with van der Waals surface area (Å²) in [6.07, 6.45) is 1.99. The number of nitrogens with zero attached hydrogens (tertiary/aromatic N) is 3. The first kappa shape index (κ1) is 16.4. The molecule has 0 bridgehead atoms. The minimum atomic E-state index is -2.60. The summed E-state index contributed by atoms with van der Waals surface area (Å²) in [5.74, 6) is -2.97. The second-order valence-electron chi connectivity index (χ2n) is 6.08. The molecule has 24 heavy (non-hydrogen) atoms. The standard InChI is InChI=1S/C16H18F2N4O2/c1-10-4-7-22(21-10)14-9-11(15(23)24)8-13(20-14)19-12-2-5-16(17,18)6-3-12/h4,7-9,12H,2-3,5-6H2,1H3,(H,19,20)(H,23,24). The number of pyridine rings is 1. The maximum absolute atomic E-state index is 13.2. The summed E-state index contributed by atoms with van der Waals surface area (Å²) in [4.78, 5) is 15.7. The lowest BCUT2D eigenvalue weighted by Crippen LogP contribution is -2.32. The predicted molar refractivity (Wildman–Crippen MR) is 83.9 cm³/mol. The number of rotatable bonds is 4. The number of aryl methyl sites for hydroxylation is 1. The Balaban J connectivity index is 1.84. The Bertz CT molecular complexity index is 750. The molecule has 0 aromatic carbocycles. The van der Waals surface area contributed by atoms with Crippen LogP contribution in [-0.4, -0.2) is 37.8 Å². The van der Waals surface area contributed by atoms with Crippen LogP contribution in [0, 0.1) is 6.92 Å². The Hall–Kier alpha value is -2.51. The molecule has 1 saturated carbocycles. The molecule has 8 heteroatoms. The summed E-state index contributed by atoms with van der Waals surface area (Å²) in [7, 11) is 0. The molecule has 1 aliphatic rings. The van der Waals surface area contributed by atoms with Gasteiger partial charge in [-0.15, -0.1) is 0 Å². The van der Waals surface area contributed by atoms with Crippen molar-refractivity contribution in [2.75, 3.05) is 5.32 Å². The second kappa shape index (κ2) is 6.18. The van der Waals surface area contributed by atoms with Gasteiger partial charge < -0.3 is 10.4 Å². The number of anilines is 1. The largest absolute Gasteiger partial charge is 0.478 e. The van der Waals surface area contributed by atoms with E-state index >= 15 is 0 Å². The van der Waals surface area contributed by atoms with Crippen LogP contribution in [0.4, 0.5) is 14.6 Å². The molecule has 2 N–H and O–H groups in total. The first-order chi connectivity index (χ1) is 11.3. The van der Waals surface area contributed by atoms with Crippen LogP contribution in [0.3, 0.4) is 0 Å². The molecule has 128 valence electrons. The van der Waals surface area contributed by atoms with E-state index in [-0.39, 0.29) is 24.4 Å².